The predicted octanol–water partition coefficient (Wildman–Crippen LogP) is 1.57. The van der Waals surface area contributed by atoms with E-state index < -0.39 is 0 Å². The molecule has 0 atom stereocenters. The molecule has 0 heterocycles. The van der Waals surface area contributed by atoms with Crippen molar-refractivity contribution in [2.45, 2.75) is 33.6 Å². The molecule has 2 amide bonds. The molecule has 0 saturated heterocycles. The standard InChI is InChI=1S/C13H24N2O2/c1-5-8-14-13(17)7-10-15(12(4)16)9-6-11(2)3/h5,11H,1,6-10H2,2-4H3,(H,14,17). The maximum atomic E-state index is 11.4. The van der Waals surface area contributed by atoms with Crippen LogP contribution in [0.5, 0.6) is 0 Å². The lowest BCUT2D eigenvalue weighted by atomic mass is 10.1. The monoisotopic (exact) mass is 240 g/mol. The first-order valence-electron chi connectivity index (χ1n) is 6.10. The van der Waals surface area contributed by atoms with Gasteiger partial charge in [0.05, 0.1) is 0 Å². The molecular formula is C13H24N2O2. The van der Waals surface area contributed by atoms with Gasteiger partial charge in [0.15, 0.2) is 0 Å². The number of carbonyl (C=O) groups is 2. The van der Waals surface area contributed by atoms with Crippen molar-refractivity contribution in [2.24, 2.45) is 5.92 Å². The number of carbonyl (C=O) groups excluding carboxylic acids is 2. The molecule has 0 aromatic carbocycles. The Balaban J connectivity index is 3.96. The number of nitrogens with zero attached hydrogens (tertiary/aromatic N) is 1. The van der Waals surface area contributed by atoms with E-state index in [1.165, 1.54) is 0 Å². The minimum Gasteiger partial charge on any atom is -0.353 e. The maximum Gasteiger partial charge on any atom is 0.222 e. The van der Waals surface area contributed by atoms with Crippen LogP contribution in [0.3, 0.4) is 0 Å². The summed E-state index contributed by atoms with van der Waals surface area (Å²) >= 11 is 0. The zero-order valence-corrected chi connectivity index (χ0v) is 11.2. The molecule has 0 rings (SSSR count). The average Bonchev–Trinajstić information content (AvgIpc) is 2.25. The van der Waals surface area contributed by atoms with Crippen LogP contribution >= 0.6 is 0 Å². The van der Waals surface area contributed by atoms with Crippen LogP contribution in [-0.4, -0.2) is 36.3 Å². The largest absolute Gasteiger partial charge is 0.353 e. The summed E-state index contributed by atoms with van der Waals surface area (Å²) < 4.78 is 0. The molecule has 1 N–H and O–H groups in total. The SMILES string of the molecule is C=CCNC(=O)CCN(CCC(C)C)C(C)=O. The molecule has 0 aliphatic rings. The second kappa shape index (κ2) is 8.79. The summed E-state index contributed by atoms with van der Waals surface area (Å²) in [5.41, 5.74) is 0. The molecule has 0 saturated carbocycles. The van der Waals surface area contributed by atoms with Crippen LogP contribution < -0.4 is 5.32 Å². The number of rotatable bonds is 8. The summed E-state index contributed by atoms with van der Waals surface area (Å²) in [4.78, 5) is 24.5. The van der Waals surface area contributed by atoms with Crippen LogP contribution in [0, 0.1) is 5.92 Å². The molecule has 98 valence electrons. The number of hydrogen-bond acceptors (Lipinski definition) is 2. The van der Waals surface area contributed by atoms with Crippen molar-refractivity contribution in [3.05, 3.63) is 12.7 Å². The van der Waals surface area contributed by atoms with Gasteiger partial charge >= 0.3 is 0 Å². The van der Waals surface area contributed by atoms with Gasteiger partial charge in [-0.2, -0.15) is 0 Å². The van der Waals surface area contributed by atoms with Gasteiger partial charge in [-0.25, -0.2) is 0 Å². The van der Waals surface area contributed by atoms with E-state index in [-0.39, 0.29) is 11.8 Å². The first-order chi connectivity index (χ1) is 7.97. The van der Waals surface area contributed by atoms with Crippen molar-refractivity contribution in [3.8, 4) is 0 Å². The molecule has 0 aromatic rings. The summed E-state index contributed by atoms with van der Waals surface area (Å²) in [6.07, 6.45) is 2.96. The zero-order valence-electron chi connectivity index (χ0n) is 11.2. The molecule has 4 heteroatoms. The Morgan fingerprint density at radius 3 is 2.47 bits per heavy atom. The molecule has 0 aliphatic heterocycles. The lowest BCUT2D eigenvalue weighted by Gasteiger charge is -2.21. The third kappa shape index (κ3) is 8.48. The third-order valence-corrected chi connectivity index (χ3v) is 2.47. The Hall–Kier alpha value is -1.32. The summed E-state index contributed by atoms with van der Waals surface area (Å²) in [6.45, 7) is 11.0. The Labute approximate surface area is 104 Å². The Kier molecular flexibility index (Phi) is 8.11. The normalized spacial score (nSPS) is 10.1. The fraction of sp³-hybridized carbons (Fsp3) is 0.692. The Bertz CT molecular complexity index is 262. The van der Waals surface area contributed by atoms with Crippen molar-refractivity contribution >= 4 is 11.8 Å². The van der Waals surface area contributed by atoms with Gasteiger partial charge in [-0.15, -0.1) is 6.58 Å². The highest BCUT2D eigenvalue weighted by molar-refractivity contribution is 5.78. The molecule has 0 radical (unpaired) electrons. The van der Waals surface area contributed by atoms with Gasteiger partial charge in [0, 0.05) is 33.0 Å². The van der Waals surface area contributed by atoms with Crippen molar-refractivity contribution in [1.82, 2.24) is 10.2 Å². The zero-order chi connectivity index (χ0) is 13.3. The van der Waals surface area contributed by atoms with Crippen LogP contribution in [0.25, 0.3) is 0 Å². The number of amides is 2. The maximum absolute atomic E-state index is 11.4. The van der Waals surface area contributed by atoms with Crippen molar-refractivity contribution in [1.29, 1.82) is 0 Å². The lowest BCUT2D eigenvalue weighted by Crippen LogP contribution is -2.35. The van der Waals surface area contributed by atoms with Gasteiger partial charge in [-0.05, 0) is 12.3 Å². The topological polar surface area (TPSA) is 49.4 Å². The van der Waals surface area contributed by atoms with E-state index in [1.54, 1.807) is 17.9 Å². The van der Waals surface area contributed by atoms with Gasteiger partial charge in [-0.3, -0.25) is 9.59 Å². The highest BCUT2D eigenvalue weighted by Crippen LogP contribution is 2.03. The molecule has 0 aliphatic carbocycles. The number of nitrogens with one attached hydrogen (secondary N) is 1. The van der Waals surface area contributed by atoms with Gasteiger partial charge in [0.25, 0.3) is 0 Å². The summed E-state index contributed by atoms with van der Waals surface area (Å²) in [5.74, 6) is 0.550. The van der Waals surface area contributed by atoms with Crippen LogP contribution in [0.2, 0.25) is 0 Å². The predicted molar refractivity (Wildman–Crippen MR) is 69.5 cm³/mol. The Morgan fingerprint density at radius 1 is 1.35 bits per heavy atom. The smallest absolute Gasteiger partial charge is 0.222 e. The van der Waals surface area contributed by atoms with Gasteiger partial charge < -0.3 is 10.2 Å². The molecule has 0 bridgehead atoms. The van der Waals surface area contributed by atoms with E-state index in [0.29, 0.717) is 25.4 Å². The van der Waals surface area contributed by atoms with Gasteiger partial charge in [0.2, 0.25) is 11.8 Å². The van der Waals surface area contributed by atoms with Gasteiger partial charge in [0.1, 0.15) is 0 Å². The van der Waals surface area contributed by atoms with Gasteiger partial charge in [-0.1, -0.05) is 19.9 Å². The van der Waals surface area contributed by atoms with Crippen LogP contribution in [0.15, 0.2) is 12.7 Å². The van der Waals surface area contributed by atoms with E-state index in [0.717, 1.165) is 13.0 Å². The fourth-order valence-corrected chi connectivity index (χ4v) is 1.35. The van der Waals surface area contributed by atoms with Crippen LogP contribution in [0.1, 0.15) is 33.6 Å². The van der Waals surface area contributed by atoms with E-state index in [9.17, 15) is 9.59 Å². The summed E-state index contributed by atoms with van der Waals surface area (Å²) in [6, 6.07) is 0. The van der Waals surface area contributed by atoms with Crippen LogP contribution in [-0.2, 0) is 9.59 Å². The highest BCUT2D eigenvalue weighted by atomic mass is 16.2. The van der Waals surface area contributed by atoms with Crippen molar-refractivity contribution < 1.29 is 9.59 Å². The average molecular weight is 240 g/mol. The molecule has 0 spiro atoms. The Morgan fingerprint density at radius 2 is 2.00 bits per heavy atom. The summed E-state index contributed by atoms with van der Waals surface area (Å²) in [5, 5.41) is 2.70. The first-order valence-corrected chi connectivity index (χ1v) is 6.10. The third-order valence-electron chi connectivity index (χ3n) is 2.47. The minimum atomic E-state index is -0.0410. The molecule has 0 aromatic heterocycles. The minimum absolute atomic E-state index is 0.0298. The second-order valence-electron chi connectivity index (χ2n) is 4.53. The second-order valence-corrected chi connectivity index (χ2v) is 4.53. The van der Waals surface area contributed by atoms with E-state index in [4.69, 9.17) is 0 Å². The molecule has 17 heavy (non-hydrogen) atoms. The van der Waals surface area contributed by atoms with Crippen molar-refractivity contribution in [2.75, 3.05) is 19.6 Å². The molecular weight excluding hydrogens is 216 g/mol. The van der Waals surface area contributed by atoms with Crippen molar-refractivity contribution in [3.63, 3.8) is 0 Å². The summed E-state index contributed by atoms with van der Waals surface area (Å²) in [7, 11) is 0. The molecule has 0 fully saturated rings. The first kappa shape index (κ1) is 15.7. The lowest BCUT2D eigenvalue weighted by molar-refractivity contribution is -0.129. The number of hydrogen-bond donors (Lipinski definition) is 1. The fourth-order valence-electron chi connectivity index (χ4n) is 1.35. The van der Waals surface area contributed by atoms with E-state index in [1.807, 2.05) is 0 Å². The highest BCUT2D eigenvalue weighted by Gasteiger charge is 2.11. The quantitative estimate of drug-likeness (QED) is 0.655. The van der Waals surface area contributed by atoms with E-state index >= 15 is 0 Å². The van der Waals surface area contributed by atoms with Crippen LogP contribution in [0.4, 0.5) is 0 Å². The van der Waals surface area contributed by atoms with E-state index in [2.05, 4.69) is 25.7 Å². The molecule has 4 nitrogen and oxygen atoms in total. The molecule has 0 unspecified atom stereocenters.